The van der Waals surface area contributed by atoms with Crippen LogP contribution in [0.5, 0.6) is 0 Å². The Balaban J connectivity index is 2.68. The second kappa shape index (κ2) is 7.58. The van der Waals surface area contributed by atoms with E-state index in [1.165, 1.54) is 0 Å². The molecule has 0 saturated carbocycles. The fourth-order valence-electron chi connectivity index (χ4n) is 1.53. The van der Waals surface area contributed by atoms with Gasteiger partial charge in [0.25, 0.3) is 0 Å². The predicted octanol–water partition coefficient (Wildman–Crippen LogP) is 4.03. The molecule has 0 radical (unpaired) electrons. The summed E-state index contributed by atoms with van der Waals surface area (Å²) >= 11 is 5.78. The lowest BCUT2D eigenvalue weighted by molar-refractivity contribution is -0.143. The Morgan fingerprint density at radius 3 is 2.72 bits per heavy atom. The summed E-state index contributed by atoms with van der Waals surface area (Å²) in [6.07, 6.45) is 0.644. The quantitative estimate of drug-likeness (QED) is 0.338. The molecule has 1 unspecified atom stereocenters. The number of hydrogen-bond donors (Lipinski definition) is 0. The van der Waals surface area contributed by atoms with Gasteiger partial charge in [-0.2, -0.15) is 0 Å². The van der Waals surface area contributed by atoms with Gasteiger partial charge < -0.3 is 4.74 Å². The lowest BCUT2D eigenvalue weighted by atomic mass is 10.0. The first-order valence-corrected chi connectivity index (χ1v) is 6.00. The number of nitrogens with zero attached hydrogens (tertiary/aromatic N) is 3. The molecule has 0 aromatic heterocycles. The zero-order valence-electron chi connectivity index (χ0n) is 10.0. The van der Waals surface area contributed by atoms with Gasteiger partial charge in [0.2, 0.25) is 0 Å². The van der Waals surface area contributed by atoms with Gasteiger partial charge in [0.1, 0.15) is 0 Å². The molecule has 96 valence electrons. The van der Waals surface area contributed by atoms with Crippen molar-refractivity contribution in [1.29, 1.82) is 0 Å². The van der Waals surface area contributed by atoms with Crippen LogP contribution in [-0.2, 0) is 9.53 Å². The Labute approximate surface area is 110 Å². The van der Waals surface area contributed by atoms with Crippen LogP contribution in [0.25, 0.3) is 10.4 Å². The highest BCUT2D eigenvalue weighted by Crippen LogP contribution is 2.24. The van der Waals surface area contributed by atoms with Crippen LogP contribution in [0, 0.1) is 0 Å². The standard InChI is InChI=1S/C12H14ClN3O2/c1-2-18-12(17)8-7-11(15-16-14)9-3-5-10(13)6-4-9/h3-6,11H,2,7-8H2,1H3. The molecule has 0 spiro atoms. The minimum absolute atomic E-state index is 0.222. The van der Waals surface area contributed by atoms with Crippen molar-refractivity contribution >= 4 is 17.6 Å². The number of benzene rings is 1. The van der Waals surface area contributed by atoms with Crippen molar-refractivity contribution in [3.05, 3.63) is 45.3 Å². The van der Waals surface area contributed by atoms with Gasteiger partial charge >= 0.3 is 5.97 Å². The molecular weight excluding hydrogens is 254 g/mol. The maximum absolute atomic E-state index is 11.3. The summed E-state index contributed by atoms with van der Waals surface area (Å²) in [6.45, 7) is 2.11. The lowest BCUT2D eigenvalue weighted by Gasteiger charge is -2.11. The zero-order chi connectivity index (χ0) is 13.4. The Bertz CT molecular complexity index is 441. The summed E-state index contributed by atoms with van der Waals surface area (Å²) in [5, 5.41) is 4.30. The molecule has 0 bridgehead atoms. The van der Waals surface area contributed by atoms with Gasteiger partial charge in [0, 0.05) is 16.4 Å². The van der Waals surface area contributed by atoms with E-state index in [1.54, 1.807) is 31.2 Å². The fourth-order valence-corrected chi connectivity index (χ4v) is 1.65. The first-order chi connectivity index (χ1) is 8.67. The molecule has 0 aliphatic rings. The van der Waals surface area contributed by atoms with E-state index in [9.17, 15) is 4.79 Å². The van der Waals surface area contributed by atoms with Crippen LogP contribution in [0.15, 0.2) is 29.4 Å². The van der Waals surface area contributed by atoms with Crippen LogP contribution in [0.1, 0.15) is 31.4 Å². The van der Waals surface area contributed by atoms with Gasteiger partial charge in [-0.1, -0.05) is 28.8 Å². The maximum atomic E-state index is 11.3. The number of ether oxygens (including phenoxy) is 1. The normalized spacial score (nSPS) is 11.4. The van der Waals surface area contributed by atoms with Crippen molar-refractivity contribution in [3.63, 3.8) is 0 Å². The number of hydrogen-bond acceptors (Lipinski definition) is 3. The molecule has 0 saturated heterocycles. The Morgan fingerprint density at radius 2 is 2.17 bits per heavy atom. The van der Waals surface area contributed by atoms with Crippen LogP contribution in [0.3, 0.4) is 0 Å². The van der Waals surface area contributed by atoms with E-state index < -0.39 is 0 Å². The van der Waals surface area contributed by atoms with Gasteiger partial charge in [-0.25, -0.2) is 0 Å². The summed E-state index contributed by atoms with van der Waals surface area (Å²) in [5.74, 6) is -0.287. The maximum Gasteiger partial charge on any atom is 0.305 e. The SMILES string of the molecule is CCOC(=O)CCC(N=[N+]=[N-])c1ccc(Cl)cc1. The summed E-state index contributed by atoms with van der Waals surface area (Å²) in [5.41, 5.74) is 9.37. The lowest BCUT2D eigenvalue weighted by Crippen LogP contribution is -2.06. The minimum atomic E-state index is -0.378. The Hall–Kier alpha value is -1.71. The molecule has 1 aromatic rings. The van der Waals surface area contributed by atoms with E-state index in [1.807, 2.05) is 0 Å². The summed E-state index contributed by atoms with van der Waals surface area (Å²) in [6, 6.07) is 6.64. The summed E-state index contributed by atoms with van der Waals surface area (Å²) < 4.78 is 4.83. The number of carbonyl (C=O) groups excluding carboxylic acids is 1. The third-order valence-electron chi connectivity index (χ3n) is 2.37. The molecule has 6 heteroatoms. The molecule has 1 rings (SSSR count). The zero-order valence-corrected chi connectivity index (χ0v) is 10.8. The van der Waals surface area contributed by atoms with Crippen LogP contribution in [-0.4, -0.2) is 12.6 Å². The number of rotatable bonds is 6. The molecule has 0 amide bonds. The van der Waals surface area contributed by atoms with Crippen molar-refractivity contribution < 1.29 is 9.53 Å². The van der Waals surface area contributed by atoms with E-state index in [-0.39, 0.29) is 18.4 Å². The highest BCUT2D eigenvalue weighted by atomic mass is 35.5. The monoisotopic (exact) mass is 267 g/mol. The van der Waals surface area contributed by atoms with Crippen LogP contribution in [0.4, 0.5) is 0 Å². The smallest absolute Gasteiger partial charge is 0.305 e. The van der Waals surface area contributed by atoms with E-state index in [2.05, 4.69) is 10.0 Å². The van der Waals surface area contributed by atoms with Gasteiger partial charge in [-0.3, -0.25) is 4.79 Å². The molecule has 5 nitrogen and oxygen atoms in total. The minimum Gasteiger partial charge on any atom is -0.466 e. The van der Waals surface area contributed by atoms with E-state index in [4.69, 9.17) is 21.9 Å². The molecule has 0 fully saturated rings. The van der Waals surface area contributed by atoms with Crippen molar-refractivity contribution in [2.24, 2.45) is 5.11 Å². The molecule has 18 heavy (non-hydrogen) atoms. The first kappa shape index (κ1) is 14.4. The van der Waals surface area contributed by atoms with Crippen molar-refractivity contribution in [3.8, 4) is 0 Å². The van der Waals surface area contributed by atoms with E-state index in [0.717, 1.165) is 5.56 Å². The molecule has 0 heterocycles. The number of esters is 1. The second-order valence-electron chi connectivity index (χ2n) is 3.62. The van der Waals surface area contributed by atoms with Gasteiger partial charge in [-0.15, -0.1) is 0 Å². The molecule has 0 N–H and O–H groups in total. The topological polar surface area (TPSA) is 75.1 Å². The van der Waals surface area contributed by atoms with Gasteiger partial charge in [0.05, 0.1) is 12.6 Å². The van der Waals surface area contributed by atoms with Crippen molar-refractivity contribution in [1.82, 2.24) is 0 Å². The Kier molecular flexibility index (Phi) is 6.05. The second-order valence-corrected chi connectivity index (χ2v) is 4.05. The largest absolute Gasteiger partial charge is 0.466 e. The van der Waals surface area contributed by atoms with Crippen molar-refractivity contribution in [2.45, 2.75) is 25.8 Å². The van der Waals surface area contributed by atoms with E-state index >= 15 is 0 Å². The number of halogens is 1. The first-order valence-electron chi connectivity index (χ1n) is 5.62. The molecule has 1 aromatic carbocycles. The molecular formula is C12H14ClN3O2. The summed E-state index contributed by atoms with van der Waals surface area (Å²) in [4.78, 5) is 14.1. The van der Waals surface area contributed by atoms with Crippen LogP contribution < -0.4 is 0 Å². The number of carbonyl (C=O) groups is 1. The highest BCUT2D eigenvalue weighted by Gasteiger charge is 2.12. The van der Waals surface area contributed by atoms with E-state index in [0.29, 0.717) is 18.1 Å². The predicted molar refractivity (Wildman–Crippen MR) is 69.2 cm³/mol. The number of azide groups is 1. The fraction of sp³-hybridized carbons (Fsp3) is 0.417. The van der Waals surface area contributed by atoms with Gasteiger partial charge in [-0.05, 0) is 36.6 Å². The van der Waals surface area contributed by atoms with Crippen molar-refractivity contribution in [2.75, 3.05) is 6.61 Å². The third-order valence-corrected chi connectivity index (χ3v) is 2.63. The third kappa shape index (κ3) is 4.65. The molecule has 0 aliphatic heterocycles. The highest BCUT2D eigenvalue weighted by molar-refractivity contribution is 6.30. The Morgan fingerprint density at radius 1 is 1.50 bits per heavy atom. The van der Waals surface area contributed by atoms with Crippen LogP contribution >= 0.6 is 11.6 Å². The average molecular weight is 268 g/mol. The van der Waals surface area contributed by atoms with Crippen LogP contribution in [0.2, 0.25) is 5.02 Å². The van der Waals surface area contributed by atoms with Gasteiger partial charge in [0.15, 0.2) is 0 Å². The average Bonchev–Trinajstić information content (AvgIpc) is 2.36. The molecule has 1 atom stereocenters. The summed E-state index contributed by atoms with van der Waals surface area (Å²) in [7, 11) is 0. The molecule has 0 aliphatic carbocycles.